The van der Waals surface area contributed by atoms with Gasteiger partial charge in [0.25, 0.3) is 10.1 Å². The Morgan fingerprint density at radius 1 is 0.690 bits per heavy atom. The molecular formula is C34H36O7S. The molecule has 1 aliphatic heterocycles. The minimum absolute atomic E-state index is 0.0674. The standard InChI is InChI=1S/C34H36O7S/c1-26-17-19-30(20-18-26)42(35,36)41-33-21-31(38-23-28-13-7-3-8-14-28)34(39-24-29-15-9-4-10-16-29)32(40-33)25-37-22-27-11-5-2-6-12-27/h2-20,31-34H,21-25H2,1H3/t31-,32?,33-,34+/m1/s1. The maximum absolute atomic E-state index is 13.2. The molecule has 7 nitrogen and oxygen atoms in total. The van der Waals surface area contributed by atoms with Crippen LogP contribution in [0.15, 0.2) is 120 Å². The largest absolute Gasteiger partial charge is 0.374 e. The smallest absolute Gasteiger partial charge is 0.299 e. The van der Waals surface area contributed by atoms with E-state index in [2.05, 4.69) is 0 Å². The number of ether oxygens (including phenoxy) is 4. The van der Waals surface area contributed by atoms with Crippen molar-refractivity contribution in [2.45, 2.75) is 62.7 Å². The minimum Gasteiger partial charge on any atom is -0.374 e. The molecule has 4 aromatic rings. The number of hydrogen-bond donors (Lipinski definition) is 0. The van der Waals surface area contributed by atoms with Gasteiger partial charge in [-0.3, -0.25) is 0 Å². The van der Waals surface area contributed by atoms with Gasteiger partial charge < -0.3 is 18.9 Å². The zero-order valence-electron chi connectivity index (χ0n) is 23.6. The average molecular weight is 589 g/mol. The lowest BCUT2D eigenvalue weighted by atomic mass is 10.0. The summed E-state index contributed by atoms with van der Waals surface area (Å²) in [4.78, 5) is 0.0674. The summed E-state index contributed by atoms with van der Waals surface area (Å²) < 4.78 is 57.2. The van der Waals surface area contributed by atoms with E-state index in [4.69, 9.17) is 23.1 Å². The van der Waals surface area contributed by atoms with Crippen LogP contribution >= 0.6 is 0 Å². The van der Waals surface area contributed by atoms with Gasteiger partial charge in [0.2, 0.25) is 0 Å². The third-order valence-corrected chi connectivity index (χ3v) is 8.33. The van der Waals surface area contributed by atoms with Crippen molar-refractivity contribution in [3.8, 4) is 0 Å². The highest BCUT2D eigenvalue weighted by atomic mass is 32.2. The molecule has 0 amide bonds. The van der Waals surface area contributed by atoms with Crippen molar-refractivity contribution in [1.29, 1.82) is 0 Å². The molecule has 0 radical (unpaired) electrons. The molecule has 1 heterocycles. The molecule has 0 saturated carbocycles. The van der Waals surface area contributed by atoms with E-state index in [9.17, 15) is 8.42 Å². The number of hydrogen-bond acceptors (Lipinski definition) is 7. The fraction of sp³-hybridized carbons (Fsp3) is 0.294. The molecule has 0 aliphatic carbocycles. The minimum atomic E-state index is -4.09. The Morgan fingerprint density at radius 2 is 1.21 bits per heavy atom. The Hall–Kier alpha value is -3.37. The summed E-state index contributed by atoms with van der Waals surface area (Å²) in [7, 11) is -4.09. The molecule has 0 bridgehead atoms. The van der Waals surface area contributed by atoms with Crippen LogP contribution in [0, 0.1) is 6.92 Å². The predicted octanol–water partition coefficient (Wildman–Crippen LogP) is 6.20. The van der Waals surface area contributed by atoms with Crippen molar-refractivity contribution in [3.63, 3.8) is 0 Å². The Balaban J connectivity index is 1.36. The first-order valence-corrected chi connectivity index (χ1v) is 15.5. The molecule has 1 saturated heterocycles. The predicted molar refractivity (Wildman–Crippen MR) is 159 cm³/mol. The third kappa shape index (κ3) is 8.58. The van der Waals surface area contributed by atoms with Crippen molar-refractivity contribution in [3.05, 3.63) is 138 Å². The van der Waals surface area contributed by atoms with Gasteiger partial charge >= 0.3 is 0 Å². The molecule has 42 heavy (non-hydrogen) atoms. The monoisotopic (exact) mass is 588 g/mol. The van der Waals surface area contributed by atoms with Crippen LogP contribution in [0.2, 0.25) is 0 Å². The first kappa shape index (κ1) is 30.1. The summed E-state index contributed by atoms with van der Waals surface area (Å²) >= 11 is 0. The molecule has 0 aromatic heterocycles. The Labute approximate surface area is 248 Å². The number of benzene rings is 4. The molecule has 5 rings (SSSR count). The molecule has 1 fully saturated rings. The third-order valence-electron chi connectivity index (χ3n) is 7.01. The van der Waals surface area contributed by atoms with E-state index in [1.54, 1.807) is 12.1 Å². The van der Waals surface area contributed by atoms with E-state index < -0.39 is 34.7 Å². The maximum Gasteiger partial charge on any atom is 0.299 e. The second kappa shape index (κ2) is 14.7. The van der Waals surface area contributed by atoms with Gasteiger partial charge in [0.1, 0.15) is 12.2 Å². The molecule has 4 aromatic carbocycles. The Morgan fingerprint density at radius 3 is 1.79 bits per heavy atom. The van der Waals surface area contributed by atoms with Crippen molar-refractivity contribution >= 4 is 10.1 Å². The van der Waals surface area contributed by atoms with Gasteiger partial charge in [-0.25, -0.2) is 4.18 Å². The highest BCUT2D eigenvalue weighted by Gasteiger charge is 2.43. The topological polar surface area (TPSA) is 80.3 Å². The van der Waals surface area contributed by atoms with Crippen LogP contribution in [0.3, 0.4) is 0 Å². The normalized spacial score (nSPS) is 20.8. The van der Waals surface area contributed by atoms with Gasteiger partial charge in [-0.05, 0) is 35.7 Å². The fourth-order valence-corrected chi connectivity index (χ4v) is 5.76. The molecule has 1 unspecified atom stereocenters. The molecule has 4 atom stereocenters. The number of rotatable bonds is 13. The SMILES string of the molecule is Cc1ccc(S(=O)(=O)O[C@@H]2C[C@@H](OCc3ccccc3)[C@H](OCc3ccccc3)C(COCc3ccccc3)O2)cc1. The molecule has 0 N–H and O–H groups in total. The summed E-state index contributed by atoms with van der Waals surface area (Å²) in [6.07, 6.45) is -2.63. The first-order valence-electron chi connectivity index (χ1n) is 14.0. The lowest BCUT2D eigenvalue weighted by Gasteiger charge is -2.41. The van der Waals surface area contributed by atoms with Crippen LogP contribution in [0.5, 0.6) is 0 Å². The van der Waals surface area contributed by atoms with Gasteiger partial charge in [0.05, 0.1) is 37.4 Å². The van der Waals surface area contributed by atoms with Gasteiger partial charge in [-0.2, -0.15) is 8.42 Å². The van der Waals surface area contributed by atoms with Crippen molar-refractivity contribution < 1.29 is 31.5 Å². The second-order valence-electron chi connectivity index (χ2n) is 10.3. The van der Waals surface area contributed by atoms with Gasteiger partial charge in [0.15, 0.2) is 6.29 Å². The highest BCUT2D eigenvalue weighted by Crippen LogP contribution is 2.30. The molecule has 1 aliphatic rings. The van der Waals surface area contributed by atoms with Crippen LogP contribution in [-0.2, 0) is 53.1 Å². The van der Waals surface area contributed by atoms with Crippen LogP contribution in [-0.4, -0.2) is 39.6 Å². The molecular weight excluding hydrogens is 552 g/mol. The van der Waals surface area contributed by atoms with E-state index >= 15 is 0 Å². The van der Waals surface area contributed by atoms with E-state index in [0.717, 1.165) is 22.3 Å². The maximum atomic E-state index is 13.2. The van der Waals surface area contributed by atoms with Crippen LogP contribution in [0.1, 0.15) is 28.7 Å². The zero-order chi connectivity index (χ0) is 29.2. The van der Waals surface area contributed by atoms with E-state index in [-0.39, 0.29) is 17.9 Å². The van der Waals surface area contributed by atoms with Gasteiger partial charge in [-0.15, -0.1) is 0 Å². The second-order valence-corrected chi connectivity index (χ2v) is 11.9. The molecule has 0 spiro atoms. The highest BCUT2D eigenvalue weighted by molar-refractivity contribution is 7.86. The van der Waals surface area contributed by atoms with Crippen LogP contribution < -0.4 is 0 Å². The van der Waals surface area contributed by atoms with Gasteiger partial charge in [0, 0.05) is 6.42 Å². The fourth-order valence-electron chi connectivity index (χ4n) is 4.78. The average Bonchev–Trinajstić information content (AvgIpc) is 3.01. The van der Waals surface area contributed by atoms with Crippen molar-refractivity contribution in [2.75, 3.05) is 6.61 Å². The molecule has 220 valence electrons. The van der Waals surface area contributed by atoms with Crippen molar-refractivity contribution in [2.24, 2.45) is 0 Å². The first-order chi connectivity index (χ1) is 20.5. The van der Waals surface area contributed by atoms with E-state index in [0.29, 0.717) is 19.8 Å². The Kier molecular flexibility index (Phi) is 10.5. The lowest BCUT2D eigenvalue weighted by Crippen LogP contribution is -2.53. The van der Waals surface area contributed by atoms with E-state index in [1.165, 1.54) is 12.1 Å². The lowest BCUT2D eigenvalue weighted by molar-refractivity contribution is -0.256. The molecule has 8 heteroatoms. The van der Waals surface area contributed by atoms with Crippen LogP contribution in [0.4, 0.5) is 0 Å². The quantitative estimate of drug-likeness (QED) is 0.172. The summed E-state index contributed by atoms with van der Waals surface area (Å²) in [5.74, 6) is 0. The van der Waals surface area contributed by atoms with Crippen molar-refractivity contribution in [1.82, 2.24) is 0 Å². The summed E-state index contributed by atoms with van der Waals surface area (Å²) in [5.41, 5.74) is 3.96. The number of aryl methyl sites for hydroxylation is 1. The van der Waals surface area contributed by atoms with Crippen LogP contribution in [0.25, 0.3) is 0 Å². The Bertz CT molecular complexity index is 1460. The summed E-state index contributed by atoms with van der Waals surface area (Å²) in [6, 6.07) is 36.0. The summed E-state index contributed by atoms with van der Waals surface area (Å²) in [5, 5.41) is 0. The van der Waals surface area contributed by atoms with Gasteiger partial charge in [-0.1, -0.05) is 109 Å². The van der Waals surface area contributed by atoms with E-state index in [1.807, 2.05) is 97.9 Å². The zero-order valence-corrected chi connectivity index (χ0v) is 24.4. The summed E-state index contributed by atoms with van der Waals surface area (Å²) in [6.45, 7) is 3.08.